The third-order valence-corrected chi connectivity index (χ3v) is 5.12. The van der Waals surface area contributed by atoms with Crippen LogP contribution in [0.2, 0.25) is 0 Å². The van der Waals surface area contributed by atoms with Crippen LogP contribution in [0, 0.1) is 5.92 Å². The summed E-state index contributed by atoms with van der Waals surface area (Å²) in [6.07, 6.45) is 7.24. The van der Waals surface area contributed by atoms with Crippen molar-refractivity contribution in [3.05, 3.63) is 29.8 Å². The summed E-state index contributed by atoms with van der Waals surface area (Å²) in [6, 6.07) is 8.64. The molecule has 2 saturated carbocycles. The number of hydrogen-bond acceptors (Lipinski definition) is 2. The Morgan fingerprint density at radius 1 is 1.14 bits per heavy atom. The van der Waals surface area contributed by atoms with E-state index in [-0.39, 0.29) is 5.92 Å². The van der Waals surface area contributed by atoms with Crippen LogP contribution < -0.4 is 4.74 Å². The molecule has 1 amide bonds. The van der Waals surface area contributed by atoms with Gasteiger partial charge in [0.25, 0.3) is 0 Å². The van der Waals surface area contributed by atoms with Crippen LogP contribution in [0.3, 0.4) is 0 Å². The van der Waals surface area contributed by atoms with Crippen molar-refractivity contribution in [1.29, 1.82) is 0 Å². The highest BCUT2D eigenvalue weighted by Gasteiger charge is 2.46. The van der Waals surface area contributed by atoms with Crippen molar-refractivity contribution in [2.75, 3.05) is 14.2 Å². The zero-order valence-electron chi connectivity index (χ0n) is 13.0. The van der Waals surface area contributed by atoms with Crippen molar-refractivity contribution in [3.8, 4) is 5.75 Å². The Labute approximate surface area is 127 Å². The lowest BCUT2D eigenvalue weighted by Gasteiger charge is -2.31. The van der Waals surface area contributed by atoms with Gasteiger partial charge >= 0.3 is 0 Å². The van der Waals surface area contributed by atoms with Gasteiger partial charge in [-0.2, -0.15) is 0 Å². The maximum absolute atomic E-state index is 12.6. The molecule has 114 valence electrons. The zero-order valence-corrected chi connectivity index (χ0v) is 13.0. The second-order valence-corrected chi connectivity index (χ2v) is 6.46. The molecule has 21 heavy (non-hydrogen) atoms. The first-order chi connectivity index (χ1) is 10.2. The Balaban J connectivity index is 1.59. The Bertz CT molecular complexity index is 490. The number of hydrogen-bond donors (Lipinski definition) is 0. The Morgan fingerprint density at radius 3 is 2.43 bits per heavy atom. The largest absolute Gasteiger partial charge is 0.497 e. The normalized spacial score (nSPS) is 25.4. The molecular formula is C18H25NO2. The van der Waals surface area contributed by atoms with E-state index < -0.39 is 0 Å². The molecular weight excluding hydrogens is 262 g/mol. The lowest BCUT2D eigenvalue weighted by molar-refractivity contribution is -0.134. The molecule has 3 heteroatoms. The topological polar surface area (TPSA) is 29.5 Å². The second kappa shape index (κ2) is 6.08. The van der Waals surface area contributed by atoms with Crippen LogP contribution >= 0.6 is 0 Å². The smallest absolute Gasteiger partial charge is 0.226 e. The van der Waals surface area contributed by atoms with Gasteiger partial charge in [0.1, 0.15) is 5.75 Å². The maximum Gasteiger partial charge on any atom is 0.226 e. The summed E-state index contributed by atoms with van der Waals surface area (Å²) < 4.78 is 5.19. The highest BCUT2D eigenvalue weighted by atomic mass is 16.5. The minimum atomic E-state index is 0.199. The molecule has 2 unspecified atom stereocenters. The summed E-state index contributed by atoms with van der Waals surface area (Å²) in [5.41, 5.74) is 1.27. The second-order valence-electron chi connectivity index (χ2n) is 6.46. The van der Waals surface area contributed by atoms with Crippen LogP contribution in [0.4, 0.5) is 0 Å². The van der Waals surface area contributed by atoms with Gasteiger partial charge in [-0.3, -0.25) is 4.79 Å². The van der Waals surface area contributed by atoms with E-state index in [1.54, 1.807) is 7.11 Å². The van der Waals surface area contributed by atoms with Gasteiger partial charge < -0.3 is 9.64 Å². The van der Waals surface area contributed by atoms with Crippen molar-refractivity contribution in [3.63, 3.8) is 0 Å². The first kappa shape index (κ1) is 14.4. The average Bonchev–Trinajstić information content (AvgIpc) is 3.35. The van der Waals surface area contributed by atoms with Crippen molar-refractivity contribution in [2.45, 2.75) is 50.5 Å². The molecule has 0 heterocycles. The molecule has 3 nitrogen and oxygen atoms in total. The molecule has 2 fully saturated rings. The molecule has 0 spiro atoms. The first-order valence-corrected chi connectivity index (χ1v) is 8.11. The van der Waals surface area contributed by atoms with E-state index in [0.717, 1.165) is 12.2 Å². The molecule has 0 N–H and O–H groups in total. The summed E-state index contributed by atoms with van der Waals surface area (Å²) in [5.74, 6) is 1.84. The number of carbonyl (C=O) groups is 1. The van der Waals surface area contributed by atoms with E-state index in [4.69, 9.17) is 4.74 Å². The highest BCUT2D eigenvalue weighted by molar-refractivity contribution is 5.83. The highest BCUT2D eigenvalue weighted by Crippen LogP contribution is 2.49. The lowest BCUT2D eigenvalue weighted by atomic mass is 9.94. The van der Waals surface area contributed by atoms with Crippen molar-refractivity contribution < 1.29 is 9.53 Å². The zero-order chi connectivity index (χ0) is 14.8. The molecule has 0 bridgehead atoms. The molecule has 0 aromatic heterocycles. The molecule has 2 aliphatic rings. The van der Waals surface area contributed by atoms with E-state index in [0.29, 0.717) is 17.9 Å². The molecule has 1 aromatic carbocycles. The van der Waals surface area contributed by atoms with E-state index in [9.17, 15) is 4.79 Å². The quantitative estimate of drug-likeness (QED) is 0.847. The fraction of sp³-hybridized carbons (Fsp3) is 0.611. The minimum absolute atomic E-state index is 0.199. The van der Waals surface area contributed by atoms with Crippen LogP contribution in [-0.4, -0.2) is 31.0 Å². The van der Waals surface area contributed by atoms with E-state index in [1.807, 2.05) is 24.1 Å². The van der Waals surface area contributed by atoms with E-state index in [2.05, 4.69) is 12.1 Å². The lowest BCUT2D eigenvalue weighted by Crippen LogP contribution is -2.39. The SMILES string of the molecule is COc1ccc(C2CC2C(=O)N(C)C2CCCCC2)cc1. The number of rotatable bonds is 4. The Kier molecular flexibility index (Phi) is 4.18. The Hall–Kier alpha value is -1.51. The fourth-order valence-electron chi connectivity index (χ4n) is 3.60. The van der Waals surface area contributed by atoms with Crippen LogP contribution in [0.1, 0.15) is 50.0 Å². The van der Waals surface area contributed by atoms with Gasteiger partial charge in [0.05, 0.1) is 7.11 Å². The Morgan fingerprint density at radius 2 is 1.81 bits per heavy atom. The monoisotopic (exact) mass is 287 g/mol. The van der Waals surface area contributed by atoms with Gasteiger partial charge in [-0.1, -0.05) is 31.4 Å². The number of ether oxygens (including phenoxy) is 1. The summed E-state index contributed by atoms with van der Waals surface area (Å²) in [4.78, 5) is 14.6. The number of nitrogens with zero attached hydrogens (tertiary/aromatic N) is 1. The van der Waals surface area contributed by atoms with Gasteiger partial charge in [-0.25, -0.2) is 0 Å². The summed E-state index contributed by atoms with van der Waals surface area (Å²) >= 11 is 0. The van der Waals surface area contributed by atoms with Gasteiger partial charge in [-0.05, 0) is 42.9 Å². The summed E-state index contributed by atoms with van der Waals surface area (Å²) in [6.45, 7) is 0. The van der Waals surface area contributed by atoms with Crippen LogP contribution in [-0.2, 0) is 4.79 Å². The number of benzene rings is 1. The number of carbonyl (C=O) groups excluding carboxylic acids is 1. The predicted molar refractivity (Wildman–Crippen MR) is 83.5 cm³/mol. The first-order valence-electron chi connectivity index (χ1n) is 8.11. The molecule has 2 aliphatic carbocycles. The van der Waals surface area contributed by atoms with E-state index >= 15 is 0 Å². The summed E-state index contributed by atoms with van der Waals surface area (Å²) in [7, 11) is 3.68. The van der Waals surface area contributed by atoms with Gasteiger partial charge in [0.2, 0.25) is 5.91 Å². The number of amides is 1. The van der Waals surface area contributed by atoms with Crippen LogP contribution in [0.15, 0.2) is 24.3 Å². The molecule has 0 saturated heterocycles. The van der Waals surface area contributed by atoms with E-state index in [1.165, 1.54) is 37.7 Å². The summed E-state index contributed by atoms with van der Waals surface area (Å²) in [5, 5.41) is 0. The predicted octanol–water partition coefficient (Wildman–Crippen LogP) is 3.59. The molecule has 0 aliphatic heterocycles. The van der Waals surface area contributed by atoms with Gasteiger partial charge in [0, 0.05) is 19.0 Å². The van der Waals surface area contributed by atoms with Gasteiger partial charge in [-0.15, -0.1) is 0 Å². The molecule has 2 atom stereocenters. The van der Waals surface area contributed by atoms with Crippen LogP contribution in [0.25, 0.3) is 0 Å². The van der Waals surface area contributed by atoms with Crippen molar-refractivity contribution in [1.82, 2.24) is 4.90 Å². The molecule has 1 aromatic rings. The fourth-order valence-corrected chi connectivity index (χ4v) is 3.60. The third kappa shape index (κ3) is 3.07. The maximum atomic E-state index is 12.6. The van der Waals surface area contributed by atoms with Gasteiger partial charge in [0.15, 0.2) is 0 Å². The number of methoxy groups -OCH3 is 1. The standard InChI is InChI=1S/C18H25NO2/c1-19(14-6-4-3-5-7-14)18(20)17-12-16(17)13-8-10-15(21-2)11-9-13/h8-11,14,16-17H,3-7,12H2,1-2H3. The molecule has 0 radical (unpaired) electrons. The minimum Gasteiger partial charge on any atom is -0.497 e. The van der Waals surface area contributed by atoms with Crippen LogP contribution in [0.5, 0.6) is 5.75 Å². The third-order valence-electron chi connectivity index (χ3n) is 5.12. The van der Waals surface area contributed by atoms with Crippen molar-refractivity contribution in [2.24, 2.45) is 5.92 Å². The van der Waals surface area contributed by atoms with Crippen molar-refractivity contribution >= 4 is 5.91 Å². The average molecular weight is 287 g/mol. The molecule has 3 rings (SSSR count).